The third-order valence-corrected chi connectivity index (χ3v) is 3.78. The van der Waals surface area contributed by atoms with E-state index in [0.29, 0.717) is 23.6 Å². The fourth-order valence-electron chi connectivity index (χ4n) is 2.36. The zero-order valence-corrected chi connectivity index (χ0v) is 15.2. The van der Waals surface area contributed by atoms with E-state index in [2.05, 4.69) is 5.32 Å². The van der Waals surface area contributed by atoms with Gasteiger partial charge >= 0.3 is 5.97 Å². The molecule has 0 aliphatic heterocycles. The number of ether oxygens (including phenoxy) is 3. The second-order valence-electron chi connectivity index (χ2n) is 5.68. The third-order valence-electron chi connectivity index (χ3n) is 3.78. The van der Waals surface area contributed by atoms with Gasteiger partial charge in [-0.25, -0.2) is 0 Å². The van der Waals surface area contributed by atoms with Crippen LogP contribution in [0.15, 0.2) is 48.5 Å². The van der Waals surface area contributed by atoms with E-state index in [1.165, 1.54) is 0 Å². The van der Waals surface area contributed by atoms with Crippen LogP contribution >= 0.6 is 0 Å². The van der Waals surface area contributed by atoms with Crippen LogP contribution in [0.4, 0.5) is 5.69 Å². The topological polar surface area (TPSA) is 73.9 Å². The fourth-order valence-corrected chi connectivity index (χ4v) is 2.36. The normalized spacial score (nSPS) is 11.3. The molecule has 1 amide bonds. The molecule has 1 N–H and O–H groups in total. The van der Waals surface area contributed by atoms with Gasteiger partial charge in [-0.05, 0) is 43.2 Å². The van der Waals surface area contributed by atoms with E-state index in [0.717, 1.165) is 5.56 Å². The van der Waals surface area contributed by atoms with E-state index in [4.69, 9.17) is 14.2 Å². The van der Waals surface area contributed by atoms with Gasteiger partial charge in [0.05, 0.1) is 14.2 Å². The summed E-state index contributed by atoms with van der Waals surface area (Å²) in [6, 6.07) is 14.5. The lowest BCUT2D eigenvalue weighted by Crippen LogP contribution is -2.30. The van der Waals surface area contributed by atoms with E-state index in [1.54, 1.807) is 39.3 Å². The van der Waals surface area contributed by atoms with E-state index in [-0.39, 0.29) is 12.3 Å². The molecule has 0 heterocycles. The van der Waals surface area contributed by atoms with Crippen LogP contribution in [0.2, 0.25) is 0 Å². The van der Waals surface area contributed by atoms with Crippen molar-refractivity contribution in [2.75, 3.05) is 19.5 Å². The van der Waals surface area contributed by atoms with Crippen LogP contribution in [0.3, 0.4) is 0 Å². The molecule has 0 aromatic heterocycles. The number of aryl methyl sites for hydroxylation is 1. The lowest BCUT2D eigenvalue weighted by Gasteiger charge is -2.14. The SMILES string of the molecule is COc1ccc(CCC(=O)O[C@@H](C)C(=O)Nc2ccccc2)cc1OC. The Labute approximate surface area is 153 Å². The standard InChI is InChI=1S/C20H23NO5/c1-14(20(23)21-16-7-5-4-6-8-16)26-19(22)12-10-15-9-11-17(24-2)18(13-15)25-3/h4-9,11,13-14H,10,12H2,1-3H3,(H,21,23)/t14-/m0/s1. The van der Waals surface area contributed by atoms with Gasteiger partial charge in [0.15, 0.2) is 17.6 Å². The summed E-state index contributed by atoms with van der Waals surface area (Å²) in [6.07, 6.45) is -0.224. The van der Waals surface area contributed by atoms with Gasteiger partial charge in [0.2, 0.25) is 0 Å². The molecule has 0 bridgehead atoms. The quantitative estimate of drug-likeness (QED) is 0.735. The lowest BCUT2D eigenvalue weighted by molar-refractivity contribution is -0.153. The molecule has 6 nitrogen and oxygen atoms in total. The fraction of sp³-hybridized carbons (Fsp3) is 0.300. The number of carbonyl (C=O) groups is 2. The summed E-state index contributed by atoms with van der Waals surface area (Å²) in [5.41, 5.74) is 1.58. The van der Waals surface area contributed by atoms with Gasteiger partial charge in [0.1, 0.15) is 0 Å². The number of hydrogen-bond donors (Lipinski definition) is 1. The highest BCUT2D eigenvalue weighted by Gasteiger charge is 2.18. The lowest BCUT2D eigenvalue weighted by atomic mass is 10.1. The van der Waals surface area contributed by atoms with E-state index >= 15 is 0 Å². The predicted octanol–water partition coefficient (Wildman–Crippen LogP) is 3.21. The van der Waals surface area contributed by atoms with Crippen molar-refractivity contribution in [1.82, 2.24) is 0 Å². The van der Waals surface area contributed by atoms with Crippen LogP contribution in [0.1, 0.15) is 18.9 Å². The van der Waals surface area contributed by atoms with Crippen LogP contribution < -0.4 is 14.8 Å². The maximum absolute atomic E-state index is 12.1. The highest BCUT2D eigenvalue weighted by Crippen LogP contribution is 2.28. The van der Waals surface area contributed by atoms with Gasteiger partial charge in [-0.15, -0.1) is 0 Å². The number of benzene rings is 2. The molecule has 0 aliphatic rings. The van der Waals surface area contributed by atoms with Crippen LogP contribution in [0.5, 0.6) is 11.5 Å². The van der Waals surface area contributed by atoms with Gasteiger partial charge in [-0.2, -0.15) is 0 Å². The first kappa shape index (κ1) is 19.3. The number of carbonyl (C=O) groups excluding carboxylic acids is 2. The summed E-state index contributed by atoms with van der Waals surface area (Å²) >= 11 is 0. The monoisotopic (exact) mass is 357 g/mol. The van der Waals surface area contributed by atoms with Gasteiger partial charge in [0.25, 0.3) is 5.91 Å². The van der Waals surface area contributed by atoms with Gasteiger partial charge in [0, 0.05) is 12.1 Å². The minimum Gasteiger partial charge on any atom is -0.493 e. The second-order valence-corrected chi connectivity index (χ2v) is 5.68. The summed E-state index contributed by atoms with van der Waals surface area (Å²) in [4.78, 5) is 24.1. The average molecular weight is 357 g/mol. The molecule has 0 radical (unpaired) electrons. The van der Waals surface area contributed by atoms with Crippen molar-refractivity contribution in [2.24, 2.45) is 0 Å². The Hall–Kier alpha value is -3.02. The molecule has 26 heavy (non-hydrogen) atoms. The van der Waals surface area contributed by atoms with E-state index < -0.39 is 12.1 Å². The Morgan fingerprint density at radius 3 is 2.35 bits per heavy atom. The molecular weight excluding hydrogens is 334 g/mol. The number of methoxy groups -OCH3 is 2. The number of para-hydroxylation sites is 1. The molecule has 1 atom stereocenters. The van der Waals surface area contributed by atoms with Crippen LogP contribution in [0, 0.1) is 0 Å². The molecule has 0 unspecified atom stereocenters. The Kier molecular flexibility index (Phi) is 7.02. The Bertz CT molecular complexity index is 745. The van der Waals surface area contributed by atoms with Crippen molar-refractivity contribution < 1.29 is 23.8 Å². The molecule has 2 aromatic carbocycles. The van der Waals surface area contributed by atoms with Crippen molar-refractivity contribution in [2.45, 2.75) is 25.9 Å². The van der Waals surface area contributed by atoms with Crippen molar-refractivity contribution in [1.29, 1.82) is 0 Å². The van der Waals surface area contributed by atoms with Crippen molar-refractivity contribution in [3.63, 3.8) is 0 Å². The largest absolute Gasteiger partial charge is 0.493 e. The minimum atomic E-state index is -0.867. The first-order chi connectivity index (χ1) is 12.5. The third kappa shape index (κ3) is 5.51. The Morgan fingerprint density at radius 2 is 1.69 bits per heavy atom. The van der Waals surface area contributed by atoms with Crippen LogP contribution in [-0.4, -0.2) is 32.2 Å². The summed E-state index contributed by atoms with van der Waals surface area (Å²) in [6.45, 7) is 1.55. The number of rotatable bonds is 8. The van der Waals surface area contributed by atoms with Crippen LogP contribution in [-0.2, 0) is 20.7 Å². The number of nitrogens with one attached hydrogen (secondary N) is 1. The number of hydrogen-bond acceptors (Lipinski definition) is 5. The summed E-state index contributed by atoms with van der Waals surface area (Å²) in [7, 11) is 3.12. The zero-order chi connectivity index (χ0) is 18.9. The number of anilines is 1. The van der Waals surface area contributed by atoms with Gasteiger partial charge in [-0.1, -0.05) is 24.3 Å². The molecule has 2 aromatic rings. The molecule has 0 saturated carbocycles. The molecule has 0 aliphatic carbocycles. The molecule has 2 rings (SSSR count). The highest BCUT2D eigenvalue weighted by atomic mass is 16.5. The number of esters is 1. The van der Waals surface area contributed by atoms with E-state index in [9.17, 15) is 9.59 Å². The van der Waals surface area contributed by atoms with Gasteiger partial charge < -0.3 is 19.5 Å². The Balaban J connectivity index is 1.83. The molecule has 0 saturated heterocycles. The van der Waals surface area contributed by atoms with Crippen molar-refractivity contribution in [3.8, 4) is 11.5 Å². The Morgan fingerprint density at radius 1 is 1.00 bits per heavy atom. The smallest absolute Gasteiger partial charge is 0.306 e. The summed E-state index contributed by atoms with van der Waals surface area (Å²) < 4.78 is 15.6. The zero-order valence-electron chi connectivity index (χ0n) is 15.2. The second kappa shape index (κ2) is 9.46. The highest BCUT2D eigenvalue weighted by molar-refractivity contribution is 5.95. The summed E-state index contributed by atoms with van der Waals surface area (Å²) in [5, 5.41) is 2.70. The molecule has 0 fully saturated rings. The summed E-state index contributed by atoms with van der Waals surface area (Å²) in [5.74, 6) is 0.435. The first-order valence-electron chi connectivity index (χ1n) is 8.29. The van der Waals surface area contributed by atoms with Crippen LogP contribution in [0.25, 0.3) is 0 Å². The van der Waals surface area contributed by atoms with E-state index in [1.807, 2.05) is 30.3 Å². The maximum atomic E-state index is 12.1. The molecule has 6 heteroatoms. The average Bonchev–Trinajstić information content (AvgIpc) is 2.66. The van der Waals surface area contributed by atoms with Gasteiger partial charge in [-0.3, -0.25) is 9.59 Å². The van der Waals surface area contributed by atoms with Crippen molar-refractivity contribution >= 4 is 17.6 Å². The molecular formula is C20H23NO5. The predicted molar refractivity (Wildman–Crippen MR) is 98.5 cm³/mol. The first-order valence-corrected chi connectivity index (χ1v) is 8.29. The molecule has 138 valence electrons. The maximum Gasteiger partial charge on any atom is 0.306 e. The minimum absolute atomic E-state index is 0.165. The molecule has 0 spiro atoms. The van der Waals surface area contributed by atoms with Crippen molar-refractivity contribution in [3.05, 3.63) is 54.1 Å². The number of amides is 1.